The van der Waals surface area contributed by atoms with Gasteiger partial charge in [-0.15, -0.1) is 6.58 Å². The summed E-state index contributed by atoms with van der Waals surface area (Å²) in [5.41, 5.74) is 1.11. The molecule has 0 aliphatic carbocycles. The molecule has 0 rings (SSSR count). The van der Waals surface area contributed by atoms with Crippen LogP contribution in [0.4, 0.5) is 0 Å². The van der Waals surface area contributed by atoms with Crippen LogP contribution in [0, 0.1) is 0 Å². The van der Waals surface area contributed by atoms with Gasteiger partial charge in [-0.25, -0.2) is 0 Å². The van der Waals surface area contributed by atoms with Gasteiger partial charge in [0, 0.05) is 0 Å². The van der Waals surface area contributed by atoms with Gasteiger partial charge in [-0.2, -0.15) is 0 Å². The predicted octanol–water partition coefficient (Wildman–Crippen LogP) is 3.72. The van der Waals surface area contributed by atoms with Crippen LogP contribution in [0.2, 0.25) is 0 Å². The SMILES string of the molecule is C=C(C)C=CC.C=CCC. The molecule has 0 unspecified atom stereocenters. The van der Waals surface area contributed by atoms with Crippen molar-refractivity contribution in [3.05, 3.63) is 37.0 Å². The third kappa shape index (κ3) is 26.9. The lowest BCUT2D eigenvalue weighted by molar-refractivity contribution is 1.23. The molecule has 0 aromatic rings. The average Bonchev–Trinajstić information content (AvgIpc) is 1.89. The number of hydrogen-bond donors (Lipinski definition) is 0. The van der Waals surface area contributed by atoms with Gasteiger partial charge in [0.15, 0.2) is 0 Å². The predicted molar refractivity (Wildman–Crippen MR) is 50.1 cm³/mol. The molecule has 0 atom stereocenters. The van der Waals surface area contributed by atoms with Crippen molar-refractivity contribution in [3.63, 3.8) is 0 Å². The fourth-order valence-electron chi connectivity index (χ4n) is 0.285. The van der Waals surface area contributed by atoms with Crippen molar-refractivity contribution in [2.24, 2.45) is 0 Å². The summed E-state index contributed by atoms with van der Waals surface area (Å²) >= 11 is 0. The van der Waals surface area contributed by atoms with Gasteiger partial charge < -0.3 is 0 Å². The summed E-state index contributed by atoms with van der Waals surface area (Å²) in [7, 11) is 0. The molecule has 0 bridgehead atoms. The second-order valence-electron chi connectivity index (χ2n) is 2.04. The van der Waals surface area contributed by atoms with Crippen LogP contribution >= 0.6 is 0 Å². The lowest BCUT2D eigenvalue weighted by Crippen LogP contribution is -1.54. The van der Waals surface area contributed by atoms with Crippen molar-refractivity contribution < 1.29 is 0 Å². The summed E-state index contributed by atoms with van der Waals surface area (Å²) in [6.45, 7) is 13.2. The Kier molecular flexibility index (Phi) is 13.2. The molecule has 0 amide bonds. The molecule has 0 radical (unpaired) electrons. The van der Waals surface area contributed by atoms with Crippen LogP contribution in [0.15, 0.2) is 37.0 Å². The second kappa shape index (κ2) is 11.1. The topological polar surface area (TPSA) is 0 Å². The lowest BCUT2D eigenvalue weighted by Gasteiger charge is -1.75. The summed E-state index contributed by atoms with van der Waals surface area (Å²) in [5.74, 6) is 0. The van der Waals surface area contributed by atoms with E-state index in [0.717, 1.165) is 12.0 Å². The number of hydrogen-bond acceptors (Lipinski definition) is 0. The third-order valence-electron chi connectivity index (χ3n) is 0.740. The van der Waals surface area contributed by atoms with E-state index in [4.69, 9.17) is 0 Å². The maximum absolute atomic E-state index is 3.66. The van der Waals surface area contributed by atoms with Crippen molar-refractivity contribution in [2.75, 3.05) is 0 Å². The first-order valence-corrected chi connectivity index (χ1v) is 3.58. The van der Waals surface area contributed by atoms with Crippen molar-refractivity contribution >= 4 is 0 Å². The molecule has 0 aromatic carbocycles. The van der Waals surface area contributed by atoms with E-state index in [1.807, 2.05) is 32.1 Å². The Morgan fingerprint density at radius 3 is 1.90 bits per heavy atom. The van der Waals surface area contributed by atoms with Gasteiger partial charge in [-0.05, 0) is 20.3 Å². The van der Waals surface area contributed by atoms with Crippen LogP contribution < -0.4 is 0 Å². The van der Waals surface area contributed by atoms with Crippen LogP contribution in [-0.2, 0) is 0 Å². The molecule has 0 aliphatic rings. The fourth-order valence-corrected chi connectivity index (χ4v) is 0.285. The highest BCUT2D eigenvalue weighted by molar-refractivity contribution is 5.09. The molecule has 0 aromatic heterocycles. The van der Waals surface area contributed by atoms with Gasteiger partial charge in [0.2, 0.25) is 0 Å². The van der Waals surface area contributed by atoms with Gasteiger partial charge in [-0.1, -0.05) is 37.3 Å². The maximum atomic E-state index is 3.66. The molecule has 0 aliphatic heterocycles. The minimum atomic E-state index is 1.08. The quantitative estimate of drug-likeness (QED) is 0.403. The zero-order valence-corrected chi connectivity index (χ0v) is 7.35. The largest absolute Gasteiger partial charge is 0.103 e. The van der Waals surface area contributed by atoms with E-state index in [1.54, 1.807) is 0 Å². The Bertz CT molecular complexity index is 107. The lowest BCUT2D eigenvalue weighted by atomic mass is 10.3. The van der Waals surface area contributed by atoms with Gasteiger partial charge in [0.25, 0.3) is 0 Å². The zero-order valence-electron chi connectivity index (χ0n) is 7.35. The monoisotopic (exact) mass is 138 g/mol. The first kappa shape index (κ1) is 12.0. The summed E-state index contributed by atoms with van der Waals surface area (Å²) in [6.07, 6.45) is 6.91. The Balaban J connectivity index is 0. The molecule has 0 nitrogen and oxygen atoms in total. The molecule has 0 N–H and O–H groups in total. The van der Waals surface area contributed by atoms with Gasteiger partial charge in [0.05, 0.1) is 0 Å². The Morgan fingerprint density at radius 2 is 1.90 bits per heavy atom. The molecule has 0 spiro atoms. The second-order valence-corrected chi connectivity index (χ2v) is 2.04. The van der Waals surface area contributed by atoms with Crippen molar-refractivity contribution in [1.29, 1.82) is 0 Å². The molecule has 0 fully saturated rings. The van der Waals surface area contributed by atoms with Crippen LogP contribution in [0.3, 0.4) is 0 Å². The highest BCUT2D eigenvalue weighted by Crippen LogP contribution is 1.85. The minimum absolute atomic E-state index is 1.08. The molecule has 0 saturated heterocycles. The standard InChI is InChI=1S/C6H10.C4H8/c1-4-5-6(2)3;1-3-4-2/h4-5H,2H2,1,3H3;3H,1,4H2,2H3. The molecule has 0 heteroatoms. The van der Waals surface area contributed by atoms with Crippen LogP contribution in [-0.4, -0.2) is 0 Å². The summed E-state index contributed by atoms with van der Waals surface area (Å²) in [5, 5.41) is 0. The molecular weight excluding hydrogens is 120 g/mol. The highest BCUT2D eigenvalue weighted by atomic mass is 13.7. The van der Waals surface area contributed by atoms with Crippen LogP contribution in [0.1, 0.15) is 27.2 Å². The highest BCUT2D eigenvalue weighted by Gasteiger charge is 1.63. The Hall–Kier alpha value is -0.780. The zero-order chi connectivity index (χ0) is 8.41. The van der Waals surface area contributed by atoms with E-state index < -0.39 is 0 Å². The first-order valence-electron chi connectivity index (χ1n) is 3.58. The molecule has 0 saturated carbocycles. The first-order chi connectivity index (χ1) is 4.68. The molecule has 58 valence electrons. The maximum Gasteiger partial charge on any atom is -0.0382 e. The Morgan fingerprint density at radius 1 is 1.50 bits per heavy atom. The summed E-state index contributed by atoms with van der Waals surface area (Å²) < 4.78 is 0. The van der Waals surface area contributed by atoms with E-state index in [0.29, 0.717) is 0 Å². The van der Waals surface area contributed by atoms with Crippen molar-refractivity contribution in [2.45, 2.75) is 27.2 Å². The van der Waals surface area contributed by atoms with Gasteiger partial charge in [-0.3, -0.25) is 0 Å². The van der Waals surface area contributed by atoms with Crippen molar-refractivity contribution in [3.8, 4) is 0 Å². The normalized spacial score (nSPS) is 8.30. The van der Waals surface area contributed by atoms with Crippen LogP contribution in [0.25, 0.3) is 0 Å². The third-order valence-corrected chi connectivity index (χ3v) is 0.740. The average molecular weight is 138 g/mol. The molecule has 0 heterocycles. The van der Waals surface area contributed by atoms with Crippen LogP contribution in [0.5, 0.6) is 0 Å². The number of allylic oxidation sites excluding steroid dienone is 4. The van der Waals surface area contributed by atoms with E-state index in [-0.39, 0.29) is 0 Å². The summed E-state index contributed by atoms with van der Waals surface area (Å²) in [6, 6.07) is 0. The number of rotatable bonds is 2. The smallest absolute Gasteiger partial charge is 0.0382 e. The summed E-state index contributed by atoms with van der Waals surface area (Å²) in [4.78, 5) is 0. The van der Waals surface area contributed by atoms with Crippen molar-refractivity contribution in [1.82, 2.24) is 0 Å². The van der Waals surface area contributed by atoms with Gasteiger partial charge >= 0.3 is 0 Å². The van der Waals surface area contributed by atoms with E-state index in [9.17, 15) is 0 Å². The molecule has 10 heavy (non-hydrogen) atoms. The van der Waals surface area contributed by atoms with E-state index >= 15 is 0 Å². The van der Waals surface area contributed by atoms with E-state index in [1.165, 1.54) is 0 Å². The van der Waals surface area contributed by atoms with E-state index in [2.05, 4.69) is 20.1 Å². The fraction of sp³-hybridized carbons (Fsp3) is 0.400. The van der Waals surface area contributed by atoms with Gasteiger partial charge in [0.1, 0.15) is 0 Å². The minimum Gasteiger partial charge on any atom is -0.103 e. The molecular formula is C10H18. The Labute approximate surface area is 65.0 Å².